The third-order valence-corrected chi connectivity index (χ3v) is 8.21. The summed E-state index contributed by atoms with van der Waals surface area (Å²) in [5.41, 5.74) is 0. The van der Waals surface area contributed by atoms with E-state index in [2.05, 4.69) is 9.62 Å². The molecule has 12 heteroatoms. The van der Waals surface area contributed by atoms with E-state index in [0.29, 0.717) is 28.9 Å². The van der Waals surface area contributed by atoms with Crippen molar-refractivity contribution in [3.05, 3.63) is 52.8 Å². The molecule has 2 aliphatic heterocycles. The van der Waals surface area contributed by atoms with E-state index in [9.17, 15) is 23.1 Å². The second kappa shape index (κ2) is 15.8. The Bertz CT molecular complexity index is 1030. The molecular formula is C26H32ClF3N2O4S2. The Balaban J connectivity index is 0.000000211. The van der Waals surface area contributed by atoms with E-state index in [4.69, 9.17) is 21.1 Å². The van der Waals surface area contributed by atoms with E-state index < -0.39 is 29.3 Å². The zero-order valence-corrected chi connectivity index (χ0v) is 23.4. The zero-order valence-electron chi connectivity index (χ0n) is 21.1. The van der Waals surface area contributed by atoms with Gasteiger partial charge in [-0.15, -0.1) is 11.8 Å². The summed E-state index contributed by atoms with van der Waals surface area (Å²) in [6, 6.07) is 6.23. The van der Waals surface area contributed by atoms with E-state index in [1.807, 2.05) is 0 Å². The lowest BCUT2D eigenvalue weighted by atomic mass is 10.1. The highest BCUT2D eigenvalue weighted by molar-refractivity contribution is 7.99. The minimum atomic E-state index is -0.821. The second-order valence-electron chi connectivity index (χ2n) is 8.91. The molecule has 2 heterocycles. The van der Waals surface area contributed by atoms with Crippen molar-refractivity contribution in [2.24, 2.45) is 0 Å². The van der Waals surface area contributed by atoms with Crippen LogP contribution in [-0.4, -0.2) is 67.2 Å². The minimum absolute atomic E-state index is 0.0920. The van der Waals surface area contributed by atoms with Crippen LogP contribution in [0.3, 0.4) is 0 Å². The van der Waals surface area contributed by atoms with E-state index in [-0.39, 0.29) is 10.9 Å². The molecule has 0 radical (unpaired) electrons. The first-order valence-corrected chi connectivity index (χ1v) is 14.5. The van der Waals surface area contributed by atoms with Crippen LogP contribution in [-0.2, 0) is 14.3 Å². The van der Waals surface area contributed by atoms with Crippen LogP contribution in [0.15, 0.2) is 40.1 Å². The van der Waals surface area contributed by atoms with Gasteiger partial charge in [0.15, 0.2) is 11.6 Å². The number of carbonyl (C=O) groups excluding carboxylic acids is 1. The lowest BCUT2D eigenvalue weighted by Crippen LogP contribution is -2.51. The van der Waals surface area contributed by atoms with Crippen molar-refractivity contribution >= 4 is 41.2 Å². The summed E-state index contributed by atoms with van der Waals surface area (Å²) >= 11 is 8.04. The number of halogens is 4. The SMILES string of the molecule is COC1CN(CCCCSc2ccc(F)cc2F)C1.O=C(NSc1cc(F)c(O)c(Cl)c1)C1CCCCO1. The fourth-order valence-corrected chi connectivity index (χ4v) is 5.68. The normalized spacial score (nSPS) is 17.9. The lowest BCUT2D eigenvalue weighted by Gasteiger charge is -2.38. The standard InChI is InChI=1S/C14H19F2NOS.C12H13ClFNO3S/c1-18-12-9-17(10-12)6-2-3-7-19-14-5-4-11(15)8-13(14)16;13-8-5-7(6-9(14)11(8)16)19-15-12(17)10-3-1-2-4-18-10/h4-5,8,12H,2-3,6-7,9-10H2,1H3;5-6,10,16H,1-4H2,(H,15,17). The van der Waals surface area contributed by atoms with Crippen molar-refractivity contribution in [2.45, 2.75) is 54.1 Å². The number of phenolic OH excluding ortho intramolecular Hbond substituents is 1. The first-order chi connectivity index (χ1) is 18.3. The molecule has 0 aliphatic carbocycles. The van der Waals surface area contributed by atoms with Gasteiger partial charge in [-0.05, 0) is 80.6 Å². The molecule has 1 atom stereocenters. The monoisotopic (exact) mass is 592 g/mol. The Morgan fingerprint density at radius 3 is 2.63 bits per heavy atom. The number of benzene rings is 2. The molecule has 2 N–H and O–H groups in total. The number of aromatic hydroxyl groups is 1. The average molecular weight is 593 g/mol. The number of likely N-dealkylation sites (tertiary alicyclic amines) is 1. The number of hydrogen-bond donors (Lipinski definition) is 2. The molecule has 0 spiro atoms. The summed E-state index contributed by atoms with van der Waals surface area (Å²) < 4.78 is 52.4. The second-order valence-corrected chi connectivity index (χ2v) is 11.3. The average Bonchev–Trinajstić information content (AvgIpc) is 2.88. The highest BCUT2D eigenvalue weighted by atomic mass is 35.5. The van der Waals surface area contributed by atoms with Gasteiger partial charge < -0.3 is 14.6 Å². The van der Waals surface area contributed by atoms with E-state index in [1.54, 1.807) is 7.11 Å². The Labute approximate surface area is 234 Å². The van der Waals surface area contributed by atoms with Gasteiger partial charge in [0.05, 0.1) is 11.1 Å². The number of nitrogens with one attached hydrogen (secondary N) is 1. The molecule has 2 aliphatic rings. The van der Waals surface area contributed by atoms with Crippen LogP contribution in [0.25, 0.3) is 0 Å². The maximum atomic E-state index is 13.4. The van der Waals surface area contributed by atoms with Gasteiger partial charge in [-0.3, -0.25) is 14.4 Å². The molecule has 2 fully saturated rings. The Hall–Kier alpha value is -1.63. The molecule has 1 amide bonds. The van der Waals surface area contributed by atoms with E-state index >= 15 is 0 Å². The van der Waals surface area contributed by atoms with Crippen molar-refractivity contribution < 1.29 is 32.5 Å². The maximum absolute atomic E-state index is 13.4. The number of rotatable bonds is 10. The smallest absolute Gasteiger partial charge is 0.259 e. The number of phenols is 1. The number of unbranched alkanes of at least 4 members (excludes halogenated alkanes) is 1. The predicted molar refractivity (Wildman–Crippen MR) is 144 cm³/mol. The van der Waals surface area contributed by atoms with Crippen molar-refractivity contribution in [3.8, 4) is 5.75 Å². The number of amides is 1. The molecule has 1 unspecified atom stereocenters. The summed E-state index contributed by atoms with van der Waals surface area (Å²) in [6.45, 7) is 3.71. The van der Waals surface area contributed by atoms with Crippen LogP contribution in [0.2, 0.25) is 5.02 Å². The third kappa shape index (κ3) is 9.84. The molecule has 210 valence electrons. The minimum Gasteiger partial charge on any atom is -0.504 e. The van der Waals surface area contributed by atoms with Crippen LogP contribution < -0.4 is 4.72 Å². The summed E-state index contributed by atoms with van der Waals surface area (Å²) in [5.74, 6) is -1.77. The van der Waals surface area contributed by atoms with Gasteiger partial charge in [0.25, 0.3) is 5.91 Å². The van der Waals surface area contributed by atoms with Crippen molar-refractivity contribution in [1.29, 1.82) is 0 Å². The van der Waals surface area contributed by atoms with Crippen LogP contribution >= 0.6 is 35.3 Å². The molecular weight excluding hydrogens is 561 g/mol. The molecule has 2 saturated heterocycles. The van der Waals surface area contributed by atoms with Gasteiger partial charge in [0, 0.05) is 42.7 Å². The zero-order chi connectivity index (χ0) is 27.5. The molecule has 0 aromatic heterocycles. The van der Waals surface area contributed by atoms with Gasteiger partial charge >= 0.3 is 0 Å². The largest absolute Gasteiger partial charge is 0.504 e. The topological polar surface area (TPSA) is 71.0 Å². The van der Waals surface area contributed by atoms with Crippen molar-refractivity contribution in [3.63, 3.8) is 0 Å². The summed E-state index contributed by atoms with van der Waals surface area (Å²) in [6.07, 6.45) is 4.72. The van der Waals surface area contributed by atoms with E-state index in [0.717, 1.165) is 75.2 Å². The Morgan fingerprint density at radius 1 is 1.18 bits per heavy atom. The first-order valence-electron chi connectivity index (χ1n) is 12.4. The maximum Gasteiger partial charge on any atom is 0.259 e. The van der Waals surface area contributed by atoms with Gasteiger partial charge in [0.1, 0.15) is 17.7 Å². The van der Waals surface area contributed by atoms with Gasteiger partial charge in [-0.1, -0.05) is 11.6 Å². The number of methoxy groups -OCH3 is 1. The van der Waals surface area contributed by atoms with Crippen molar-refractivity contribution in [1.82, 2.24) is 9.62 Å². The van der Waals surface area contributed by atoms with Crippen LogP contribution in [0.1, 0.15) is 32.1 Å². The van der Waals surface area contributed by atoms with Gasteiger partial charge in [-0.2, -0.15) is 0 Å². The molecule has 4 rings (SSSR count). The number of nitrogens with zero attached hydrogens (tertiary/aromatic N) is 1. The molecule has 2 aromatic carbocycles. The van der Waals surface area contributed by atoms with Crippen LogP contribution in [0, 0.1) is 17.5 Å². The fourth-order valence-electron chi connectivity index (χ4n) is 3.79. The van der Waals surface area contributed by atoms with Gasteiger partial charge in [0.2, 0.25) is 0 Å². The molecule has 0 bridgehead atoms. The summed E-state index contributed by atoms with van der Waals surface area (Å²) in [5, 5.41) is 9.10. The van der Waals surface area contributed by atoms with Crippen LogP contribution in [0.5, 0.6) is 5.75 Å². The number of hydrogen-bond acceptors (Lipinski definition) is 7. The number of carbonyl (C=O) groups is 1. The lowest BCUT2D eigenvalue weighted by molar-refractivity contribution is -0.133. The molecule has 6 nitrogen and oxygen atoms in total. The predicted octanol–water partition coefficient (Wildman–Crippen LogP) is 6.04. The van der Waals surface area contributed by atoms with Gasteiger partial charge in [-0.25, -0.2) is 13.2 Å². The Kier molecular flexibility index (Phi) is 12.9. The number of ether oxygens (including phenoxy) is 2. The Morgan fingerprint density at radius 2 is 1.97 bits per heavy atom. The highest BCUT2D eigenvalue weighted by Gasteiger charge is 2.25. The fraction of sp³-hybridized carbons (Fsp3) is 0.500. The quantitative estimate of drug-likeness (QED) is 0.198. The third-order valence-electron chi connectivity index (χ3n) is 6.01. The summed E-state index contributed by atoms with van der Waals surface area (Å²) in [4.78, 5) is 15.1. The molecule has 0 saturated carbocycles. The van der Waals surface area contributed by atoms with Crippen LogP contribution in [0.4, 0.5) is 13.2 Å². The number of thioether (sulfide) groups is 1. The molecule has 38 heavy (non-hydrogen) atoms. The summed E-state index contributed by atoms with van der Waals surface area (Å²) in [7, 11) is 1.75. The van der Waals surface area contributed by atoms with Crippen molar-refractivity contribution in [2.75, 3.05) is 39.1 Å². The molecule has 2 aromatic rings. The van der Waals surface area contributed by atoms with E-state index in [1.165, 1.54) is 30.0 Å². The highest BCUT2D eigenvalue weighted by Crippen LogP contribution is 2.31. The first kappa shape index (κ1) is 30.9.